The molecule has 106 valence electrons. The first kappa shape index (κ1) is 14.5. The molecule has 0 amide bonds. The predicted molar refractivity (Wildman–Crippen MR) is 79.8 cm³/mol. The van der Waals surface area contributed by atoms with Gasteiger partial charge in [-0.2, -0.15) is 0 Å². The van der Waals surface area contributed by atoms with E-state index < -0.39 is 0 Å². The molecule has 4 heteroatoms. The highest BCUT2D eigenvalue weighted by Crippen LogP contribution is 2.21. The summed E-state index contributed by atoms with van der Waals surface area (Å²) >= 11 is 0. The molecule has 2 rings (SSSR count). The van der Waals surface area contributed by atoms with E-state index in [4.69, 9.17) is 4.74 Å². The molecule has 2 heterocycles. The molecule has 2 aromatic rings. The van der Waals surface area contributed by atoms with Gasteiger partial charge >= 0.3 is 0 Å². The summed E-state index contributed by atoms with van der Waals surface area (Å²) in [5.41, 5.74) is 2.27. The molecule has 0 saturated heterocycles. The molecule has 0 aliphatic carbocycles. The first-order valence-corrected chi connectivity index (χ1v) is 6.95. The molecule has 0 fully saturated rings. The number of hydrogen-bond acceptors (Lipinski definition) is 4. The summed E-state index contributed by atoms with van der Waals surface area (Å²) < 4.78 is 5.24. The van der Waals surface area contributed by atoms with E-state index in [2.05, 4.69) is 28.3 Å². The maximum Gasteiger partial charge on any atom is 0.137 e. The summed E-state index contributed by atoms with van der Waals surface area (Å²) in [6, 6.07) is 8.34. The third kappa shape index (κ3) is 4.03. The van der Waals surface area contributed by atoms with Crippen molar-refractivity contribution < 1.29 is 4.74 Å². The van der Waals surface area contributed by atoms with Crippen LogP contribution in [0.3, 0.4) is 0 Å². The molecular weight excluding hydrogens is 250 g/mol. The van der Waals surface area contributed by atoms with E-state index in [1.165, 1.54) is 0 Å². The smallest absolute Gasteiger partial charge is 0.137 e. The van der Waals surface area contributed by atoms with Crippen molar-refractivity contribution in [2.24, 2.45) is 0 Å². The number of nitrogens with zero attached hydrogens (tertiary/aromatic N) is 2. The number of rotatable bonds is 7. The fourth-order valence-electron chi connectivity index (χ4n) is 2.21. The summed E-state index contributed by atoms with van der Waals surface area (Å²) in [4.78, 5) is 8.60. The molecule has 0 aromatic carbocycles. The first-order valence-electron chi connectivity index (χ1n) is 6.95. The standard InChI is InChI=1S/C16H21N3O/c1-3-18-16(8-7-14-6-4-5-9-19-14)13-10-15(20-2)12-17-11-13/h4-6,9-12,16,18H,3,7-8H2,1-2H3. The Morgan fingerprint density at radius 1 is 1.30 bits per heavy atom. The van der Waals surface area contributed by atoms with Crippen LogP contribution in [0.5, 0.6) is 5.75 Å². The summed E-state index contributed by atoms with van der Waals surface area (Å²) in [6.07, 6.45) is 7.39. The van der Waals surface area contributed by atoms with Crippen LogP contribution < -0.4 is 10.1 Å². The van der Waals surface area contributed by atoms with Crippen LogP contribution in [0.25, 0.3) is 0 Å². The molecule has 1 N–H and O–H groups in total. The van der Waals surface area contributed by atoms with E-state index >= 15 is 0 Å². The predicted octanol–water partition coefficient (Wildman–Crippen LogP) is 2.77. The van der Waals surface area contributed by atoms with E-state index in [1.807, 2.05) is 30.6 Å². The number of ether oxygens (including phenoxy) is 1. The number of pyridine rings is 2. The van der Waals surface area contributed by atoms with Gasteiger partial charge in [0.05, 0.1) is 13.3 Å². The normalized spacial score (nSPS) is 12.1. The van der Waals surface area contributed by atoms with Gasteiger partial charge in [0.25, 0.3) is 0 Å². The third-order valence-corrected chi connectivity index (χ3v) is 3.24. The summed E-state index contributed by atoms with van der Waals surface area (Å²) in [7, 11) is 1.66. The largest absolute Gasteiger partial charge is 0.495 e. The van der Waals surface area contributed by atoms with Gasteiger partial charge in [0.15, 0.2) is 0 Å². The van der Waals surface area contributed by atoms with E-state index in [9.17, 15) is 0 Å². The highest BCUT2D eigenvalue weighted by atomic mass is 16.5. The number of hydrogen-bond donors (Lipinski definition) is 1. The van der Waals surface area contributed by atoms with Gasteiger partial charge in [-0.05, 0) is 43.1 Å². The minimum atomic E-state index is 0.268. The second-order valence-electron chi connectivity index (χ2n) is 4.63. The van der Waals surface area contributed by atoms with Crippen LogP contribution in [0.1, 0.15) is 30.6 Å². The van der Waals surface area contributed by atoms with Gasteiger partial charge in [0, 0.05) is 24.1 Å². The Kier molecular flexibility index (Phi) is 5.50. The molecule has 0 aliphatic rings. The van der Waals surface area contributed by atoms with Crippen LogP contribution in [0.4, 0.5) is 0 Å². The summed E-state index contributed by atoms with van der Waals surface area (Å²) in [6.45, 7) is 3.03. The van der Waals surface area contributed by atoms with Crippen LogP contribution in [-0.4, -0.2) is 23.6 Å². The molecule has 4 nitrogen and oxygen atoms in total. The van der Waals surface area contributed by atoms with Crippen molar-refractivity contribution >= 4 is 0 Å². The number of methoxy groups -OCH3 is 1. The van der Waals surface area contributed by atoms with Gasteiger partial charge in [0.2, 0.25) is 0 Å². The molecule has 2 aromatic heterocycles. The zero-order chi connectivity index (χ0) is 14.2. The topological polar surface area (TPSA) is 47.0 Å². The Bertz CT molecular complexity index is 516. The van der Waals surface area contributed by atoms with Gasteiger partial charge in [-0.3, -0.25) is 9.97 Å². The molecular formula is C16H21N3O. The lowest BCUT2D eigenvalue weighted by Crippen LogP contribution is -2.21. The number of aromatic nitrogens is 2. The van der Waals surface area contributed by atoms with E-state index in [-0.39, 0.29) is 6.04 Å². The van der Waals surface area contributed by atoms with E-state index in [1.54, 1.807) is 13.3 Å². The van der Waals surface area contributed by atoms with E-state index in [0.29, 0.717) is 0 Å². The van der Waals surface area contributed by atoms with Crippen molar-refractivity contribution in [2.45, 2.75) is 25.8 Å². The third-order valence-electron chi connectivity index (χ3n) is 3.24. The SMILES string of the molecule is CCNC(CCc1ccccn1)c1cncc(OC)c1. The van der Waals surface area contributed by atoms with Crippen molar-refractivity contribution in [1.82, 2.24) is 15.3 Å². The average Bonchev–Trinajstić information content (AvgIpc) is 2.52. The molecule has 1 unspecified atom stereocenters. The molecule has 0 bridgehead atoms. The fraction of sp³-hybridized carbons (Fsp3) is 0.375. The van der Waals surface area contributed by atoms with Crippen LogP contribution >= 0.6 is 0 Å². The Morgan fingerprint density at radius 3 is 2.90 bits per heavy atom. The lowest BCUT2D eigenvalue weighted by Gasteiger charge is -2.18. The first-order chi connectivity index (χ1) is 9.83. The minimum Gasteiger partial charge on any atom is -0.495 e. The summed E-state index contributed by atoms with van der Waals surface area (Å²) in [5.74, 6) is 0.795. The van der Waals surface area contributed by atoms with Crippen molar-refractivity contribution in [3.63, 3.8) is 0 Å². The lowest BCUT2D eigenvalue weighted by atomic mass is 10.0. The Labute approximate surface area is 120 Å². The van der Waals surface area contributed by atoms with Gasteiger partial charge < -0.3 is 10.1 Å². The average molecular weight is 271 g/mol. The highest BCUT2D eigenvalue weighted by Gasteiger charge is 2.12. The highest BCUT2D eigenvalue weighted by molar-refractivity contribution is 5.26. The molecule has 0 spiro atoms. The number of aryl methyl sites for hydroxylation is 1. The Balaban J connectivity index is 2.06. The zero-order valence-corrected chi connectivity index (χ0v) is 12.0. The van der Waals surface area contributed by atoms with Crippen molar-refractivity contribution in [2.75, 3.05) is 13.7 Å². The maximum absolute atomic E-state index is 5.24. The molecule has 20 heavy (non-hydrogen) atoms. The van der Waals surface area contributed by atoms with Crippen LogP contribution in [0.15, 0.2) is 42.9 Å². The Hall–Kier alpha value is -1.94. The molecule has 1 atom stereocenters. The van der Waals surface area contributed by atoms with Crippen molar-refractivity contribution in [3.05, 3.63) is 54.1 Å². The summed E-state index contributed by atoms with van der Waals surface area (Å²) in [5, 5.41) is 3.50. The van der Waals surface area contributed by atoms with Gasteiger partial charge in [-0.25, -0.2) is 0 Å². The monoisotopic (exact) mass is 271 g/mol. The van der Waals surface area contributed by atoms with Gasteiger partial charge in [-0.1, -0.05) is 13.0 Å². The Morgan fingerprint density at radius 2 is 2.20 bits per heavy atom. The van der Waals surface area contributed by atoms with Crippen LogP contribution in [-0.2, 0) is 6.42 Å². The van der Waals surface area contributed by atoms with Crippen LogP contribution in [0.2, 0.25) is 0 Å². The molecule has 0 radical (unpaired) electrons. The van der Waals surface area contributed by atoms with Gasteiger partial charge in [-0.15, -0.1) is 0 Å². The van der Waals surface area contributed by atoms with Crippen molar-refractivity contribution in [3.8, 4) is 5.75 Å². The van der Waals surface area contributed by atoms with E-state index in [0.717, 1.165) is 36.4 Å². The van der Waals surface area contributed by atoms with Crippen LogP contribution in [0, 0.1) is 0 Å². The minimum absolute atomic E-state index is 0.268. The fourth-order valence-corrected chi connectivity index (χ4v) is 2.21. The quantitative estimate of drug-likeness (QED) is 0.841. The second kappa shape index (κ2) is 7.60. The maximum atomic E-state index is 5.24. The van der Waals surface area contributed by atoms with Crippen molar-refractivity contribution in [1.29, 1.82) is 0 Å². The van der Waals surface area contributed by atoms with Gasteiger partial charge in [0.1, 0.15) is 5.75 Å². The lowest BCUT2D eigenvalue weighted by molar-refractivity contribution is 0.410. The molecule has 0 saturated carbocycles. The molecule has 0 aliphatic heterocycles. The second-order valence-corrected chi connectivity index (χ2v) is 4.63. The zero-order valence-electron chi connectivity index (χ0n) is 12.0. The number of nitrogens with one attached hydrogen (secondary N) is 1.